The molecule has 1 heterocycles. The summed E-state index contributed by atoms with van der Waals surface area (Å²) in [6, 6.07) is 13.1. The molecule has 0 radical (unpaired) electrons. The van der Waals surface area contributed by atoms with E-state index < -0.39 is 0 Å². The maximum absolute atomic E-state index is 13.3. The molecule has 0 aliphatic heterocycles. The fraction of sp³-hybridized carbons (Fsp3) is 0.444. The van der Waals surface area contributed by atoms with E-state index in [1.54, 1.807) is 19.1 Å². The monoisotopic (exact) mass is 463 g/mol. The van der Waals surface area contributed by atoms with Crippen molar-refractivity contribution >= 4 is 34.4 Å². The first kappa shape index (κ1) is 25.4. The van der Waals surface area contributed by atoms with Gasteiger partial charge in [-0.25, -0.2) is 4.98 Å². The van der Waals surface area contributed by atoms with Crippen molar-refractivity contribution in [2.45, 2.75) is 59.4 Å². The smallest absolute Gasteiger partial charge is 0.253 e. The summed E-state index contributed by atoms with van der Waals surface area (Å²) in [5, 5.41) is 3.37. The average molecular weight is 464 g/mol. The minimum absolute atomic E-state index is 0.0332. The van der Waals surface area contributed by atoms with Gasteiger partial charge in [0.2, 0.25) is 5.95 Å². The van der Waals surface area contributed by atoms with Gasteiger partial charge in [-0.1, -0.05) is 26.7 Å². The summed E-state index contributed by atoms with van der Waals surface area (Å²) in [4.78, 5) is 31.7. The Morgan fingerprint density at radius 2 is 1.62 bits per heavy atom. The number of carbonyl (C=O) groups is 2. The molecule has 0 unspecified atom stereocenters. The normalized spacial score (nSPS) is 11.1. The molecular weight excluding hydrogens is 426 g/mol. The Balaban J connectivity index is 1.93. The quantitative estimate of drug-likeness (QED) is 0.332. The van der Waals surface area contributed by atoms with E-state index in [9.17, 15) is 9.59 Å². The van der Waals surface area contributed by atoms with Crippen LogP contribution in [0.3, 0.4) is 0 Å². The number of carbonyl (C=O) groups excluding carboxylic acids is 2. The van der Waals surface area contributed by atoms with E-state index in [1.165, 1.54) is 0 Å². The zero-order valence-electron chi connectivity index (χ0n) is 20.6. The van der Waals surface area contributed by atoms with Crippen molar-refractivity contribution in [1.29, 1.82) is 0 Å². The maximum Gasteiger partial charge on any atom is 0.253 e. The third-order valence-electron chi connectivity index (χ3n) is 5.98. The van der Waals surface area contributed by atoms with Crippen LogP contribution in [-0.2, 0) is 6.54 Å². The number of nitrogens with zero attached hydrogens (tertiary/aromatic N) is 3. The van der Waals surface area contributed by atoms with E-state index in [2.05, 4.69) is 23.7 Å². The Morgan fingerprint density at radius 1 is 0.971 bits per heavy atom. The Bertz CT molecular complexity index is 1100. The third-order valence-corrected chi connectivity index (χ3v) is 5.98. The van der Waals surface area contributed by atoms with Gasteiger partial charge in [-0.15, -0.1) is 0 Å². The van der Waals surface area contributed by atoms with Gasteiger partial charge in [0, 0.05) is 36.4 Å². The van der Waals surface area contributed by atoms with Gasteiger partial charge in [-0.3, -0.25) is 9.59 Å². The summed E-state index contributed by atoms with van der Waals surface area (Å²) in [6.45, 7) is 8.66. The molecule has 3 N–H and O–H groups in total. The number of benzene rings is 2. The lowest BCUT2D eigenvalue weighted by molar-refractivity contribution is 0.0751. The third kappa shape index (κ3) is 6.23. The molecule has 3 rings (SSSR count). The second kappa shape index (κ2) is 12.3. The number of hydrogen-bond acceptors (Lipinski definition) is 5. The number of fused-ring (bicyclic) bond motifs is 1. The van der Waals surface area contributed by atoms with E-state index in [0.717, 1.165) is 61.9 Å². The molecule has 0 spiro atoms. The highest BCUT2D eigenvalue weighted by molar-refractivity contribution is 5.98. The van der Waals surface area contributed by atoms with Crippen molar-refractivity contribution in [3.8, 4) is 0 Å². The number of ketones is 1. The molecule has 0 bridgehead atoms. The minimum Gasteiger partial charge on any atom is -0.339 e. The van der Waals surface area contributed by atoms with E-state index in [-0.39, 0.29) is 11.7 Å². The Morgan fingerprint density at radius 3 is 2.21 bits per heavy atom. The number of imidazole rings is 1. The average Bonchev–Trinajstić information content (AvgIpc) is 3.18. The highest BCUT2D eigenvalue weighted by Crippen LogP contribution is 2.25. The summed E-state index contributed by atoms with van der Waals surface area (Å²) >= 11 is 0. The number of aryl methyl sites for hydroxylation is 1. The van der Waals surface area contributed by atoms with Crippen LogP contribution < -0.4 is 11.1 Å². The molecule has 7 nitrogen and oxygen atoms in total. The number of nitrogens with two attached hydrogens (primary N) is 1. The molecule has 7 heteroatoms. The fourth-order valence-electron chi connectivity index (χ4n) is 3.94. The zero-order chi connectivity index (χ0) is 24.5. The lowest BCUT2D eigenvalue weighted by atomic mass is 10.1. The number of unbranched alkanes of at least 4 members (excludes halogenated alkanes) is 2. The number of rotatable bonds is 13. The largest absolute Gasteiger partial charge is 0.339 e. The Kier molecular flexibility index (Phi) is 9.22. The Hall–Kier alpha value is -3.19. The zero-order valence-corrected chi connectivity index (χ0v) is 20.6. The number of aromatic nitrogens is 2. The van der Waals surface area contributed by atoms with Crippen LogP contribution in [0.15, 0.2) is 42.5 Å². The molecule has 182 valence electrons. The maximum atomic E-state index is 13.3. The number of hydrogen-bond donors (Lipinski definition) is 2. The second-order valence-electron chi connectivity index (χ2n) is 8.69. The number of anilines is 2. The SMILES string of the molecule is CCCCN(CCCC)C(=O)c1ccc2nc(Nc3ccc(C(C)=O)cc3)n(CCCN)c2c1. The van der Waals surface area contributed by atoms with Crippen LogP contribution in [0.1, 0.15) is 73.6 Å². The molecular formula is C27H37N5O2. The summed E-state index contributed by atoms with van der Waals surface area (Å²) in [5.74, 6) is 0.799. The summed E-state index contributed by atoms with van der Waals surface area (Å²) in [5.41, 5.74) is 9.73. The van der Waals surface area contributed by atoms with Gasteiger partial charge in [0.25, 0.3) is 5.91 Å². The summed E-state index contributed by atoms with van der Waals surface area (Å²) in [6.07, 6.45) is 4.92. The van der Waals surface area contributed by atoms with Crippen LogP contribution in [-0.4, -0.2) is 45.8 Å². The lowest BCUT2D eigenvalue weighted by Gasteiger charge is -2.22. The highest BCUT2D eigenvalue weighted by atomic mass is 16.2. The molecule has 0 aliphatic carbocycles. The van der Waals surface area contributed by atoms with Gasteiger partial charge >= 0.3 is 0 Å². The molecule has 34 heavy (non-hydrogen) atoms. The van der Waals surface area contributed by atoms with Gasteiger partial charge in [0.15, 0.2) is 5.78 Å². The van der Waals surface area contributed by atoms with Crippen LogP contribution >= 0.6 is 0 Å². The van der Waals surface area contributed by atoms with Gasteiger partial charge in [-0.05, 0) is 75.2 Å². The molecule has 0 atom stereocenters. The molecule has 0 saturated heterocycles. The van der Waals surface area contributed by atoms with Gasteiger partial charge in [-0.2, -0.15) is 0 Å². The molecule has 2 aromatic carbocycles. The van der Waals surface area contributed by atoms with E-state index >= 15 is 0 Å². The van der Waals surface area contributed by atoms with Crippen molar-refractivity contribution in [3.63, 3.8) is 0 Å². The van der Waals surface area contributed by atoms with Gasteiger partial charge < -0.3 is 20.5 Å². The molecule has 1 aromatic heterocycles. The van der Waals surface area contributed by atoms with E-state index in [4.69, 9.17) is 10.7 Å². The van der Waals surface area contributed by atoms with Crippen molar-refractivity contribution in [2.24, 2.45) is 5.73 Å². The molecule has 1 amide bonds. The molecule has 3 aromatic rings. The molecule has 0 saturated carbocycles. The van der Waals surface area contributed by atoms with Crippen molar-refractivity contribution in [1.82, 2.24) is 14.5 Å². The molecule has 0 aliphatic rings. The van der Waals surface area contributed by atoms with Crippen LogP contribution in [0, 0.1) is 0 Å². The lowest BCUT2D eigenvalue weighted by Crippen LogP contribution is -2.33. The van der Waals surface area contributed by atoms with Crippen LogP contribution in [0.5, 0.6) is 0 Å². The predicted octanol–water partition coefficient (Wildman–Crippen LogP) is 5.37. The topological polar surface area (TPSA) is 93.2 Å². The first-order valence-electron chi connectivity index (χ1n) is 12.4. The standard InChI is InChI=1S/C27H37N5O2/c1-4-6-16-31(17-7-5-2)26(34)22-11-14-24-25(19-22)32(18-8-15-28)27(30-24)29-23-12-9-21(10-13-23)20(3)33/h9-14,19H,4-8,15-18,28H2,1-3H3,(H,29,30). The first-order chi connectivity index (χ1) is 16.5. The molecule has 0 fully saturated rings. The summed E-state index contributed by atoms with van der Waals surface area (Å²) < 4.78 is 2.08. The number of nitrogens with one attached hydrogen (secondary N) is 1. The number of Topliss-reactive ketones (excluding diaryl/α,β-unsaturated/α-hetero) is 1. The minimum atomic E-state index is 0.0332. The highest BCUT2D eigenvalue weighted by Gasteiger charge is 2.18. The second-order valence-corrected chi connectivity index (χ2v) is 8.69. The number of amides is 1. The van der Waals surface area contributed by atoms with Crippen LogP contribution in [0.4, 0.5) is 11.6 Å². The predicted molar refractivity (Wildman–Crippen MR) is 139 cm³/mol. The first-order valence-corrected chi connectivity index (χ1v) is 12.4. The van der Waals surface area contributed by atoms with Crippen molar-refractivity contribution in [2.75, 3.05) is 25.0 Å². The summed E-state index contributed by atoms with van der Waals surface area (Å²) in [7, 11) is 0. The van der Waals surface area contributed by atoms with Gasteiger partial charge in [0.05, 0.1) is 11.0 Å². The van der Waals surface area contributed by atoms with E-state index in [0.29, 0.717) is 30.2 Å². The van der Waals surface area contributed by atoms with Gasteiger partial charge in [0.1, 0.15) is 0 Å². The Labute approximate surface area is 202 Å². The van der Waals surface area contributed by atoms with Crippen molar-refractivity contribution < 1.29 is 9.59 Å². The van der Waals surface area contributed by atoms with Crippen LogP contribution in [0.2, 0.25) is 0 Å². The van der Waals surface area contributed by atoms with E-state index in [1.807, 2.05) is 35.2 Å². The fourth-order valence-corrected chi connectivity index (χ4v) is 3.94. The van der Waals surface area contributed by atoms with Crippen molar-refractivity contribution in [3.05, 3.63) is 53.6 Å². The van der Waals surface area contributed by atoms with Crippen LogP contribution in [0.25, 0.3) is 11.0 Å².